The topological polar surface area (TPSA) is 83.8 Å². The average molecular weight is 362 g/mol. The second kappa shape index (κ2) is 8.67. The molecule has 0 heterocycles. The number of Topliss-reactive ketones (excluding diaryl/α,β-unsaturated/α-hetero) is 1. The number of phenols is 1. The van der Waals surface area contributed by atoms with Crippen molar-refractivity contribution in [1.29, 1.82) is 0 Å². The Labute approximate surface area is 155 Å². The highest BCUT2D eigenvalue weighted by Gasteiger charge is 2.40. The van der Waals surface area contributed by atoms with Gasteiger partial charge >= 0.3 is 5.97 Å². The minimum Gasteiger partial charge on any atom is -0.508 e. The molecule has 144 valence electrons. The Morgan fingerprint density at radius 2 is 1.85 bits per heavy atom. The summed E-state index contributed by atoms with van der Waals surface area (Å²) in [6.45, 7) is 3.78. The first kappa shape index (κ1) is 20.4. The normalized spacial score (nSPS) is 17.1. The third kappa shape index (κ3) is 5.07. The molecule has 0 radical (unpaired) electrons. The van der Waals surface area contributed by atoms with E-state index in [0.29, 0.717) is 12.8 Å². The van der Waals surface area contributed by atoms with E-state index in [1.165, 1.54) is 7.11 Å². The number of carbonyl (C=O) groups is 2. The van der Waals surface area contributed by atoms with Gasteiger partial charge in [-0.1, -0.05) is 18.9 Å². The molecule has 1 aromatic rings. The van der Waals surface area contributed by atoms with Crippen LogP contribution in [-0.2, 0) is 20.7 Å². The van der Waals surface area contributed by atoms with Gasteiger partial charge in [-0.3, -0.25) is 9.59 Å². The smallest absolute Gasteiger partial charge is 0.313 e. The number of aliphatic hydroxyl groups is 1. The Hall–Kier alpha value is -1.88. The largest absolute Gasteiger partial charge is 0.508 e. The average Bonchev–Trinajstić information content (AvgIpc) is 3.12. The van der Waals surface area contributed by atoms with Crippen molar-refractivity contribution in [3.63, 3.8) is 0 Å². The van der Waals surface area contributed by atoms with Crippen LogP contribution in [-0.4, -0.2) is 34.7 Å². The van der Waals surface area contributed by atoms with Crippen LogP contribution < -0.4 is 0 Å². The molecule has 0 aliphatic heterocycles. The van der Waals surface area contributed by atoms with Gasteiger partial charge in [-0.2, -0.15) is 0 Å². The van der Waals surface area contributed by atoms with Crippen molar-refractivity contribution < 1.29 is 24.5 Å². The van der Waals surface area contributed by atoms with Crippen LogP contribution in [0.1, 0.15) is 61.6 Å². The molecule has 0 amide bonds. The molecule has 2 N–H and O–H groups in total. The van der Waals surface area contributed by atoms with Gasteiger partial charge in [-0.15, -0.1) is 0 Å². The lowest BCUT2D eigenvalue weighted by molar-refractivity contribution is -0.145. The van der Waals surface area contributed by atoms with Crippen molar-refractivity contribution in [1.82, 2.24) is 0 Å². The fourth-order valence-electron chi connectivity index (χ4n) is 4.02. The number of rotatable bonds is 8. The SMILES string of the molecule is COC(=O)CC(=O)CC(O)(CCc1cc(C)c(O)cc1C)C1CCCC1. The number of aromatic hydroxyl groups is 1. The van der Waals surface area contributed by atoms with Crippen molar-refractivity contribution in [3.8, 4) is 5.75 Å². The number of carbonyl (C=O) groups excluding carboxylic acids is 2. The molecule has 5 nitrogen and oxygen atoms in total. The maximum Gasteiger partial charge on any atom is 0.313 e. The predicted molar refractivity (Wildman–Crippen MR) is 99.1 cm³/mol. The minimum atomic E-state index is -1.10. The van der Waals surface area contributed by atoms with Gasteiger partial charge in [0.15, 0.2) is 0 Å². The number of hydrogen-bond donors (Lipinski definition) is 2. The maximum absolute atomic E-state index is 12.3. The monoisotopic (exact) mass is 362 g/mol. The Morgan fingerprint density at radius 3 is 2.46 bits per heavy atom. The van der Waals surface area contributed by atoms with E-state index in [2.05, 4.69) is 4.74 Å². The zero-order valence-electron chi connectivity index (χ0n) is 16.0. The third-order valence-electron chi connectivity index (χ3n) is 5.67. The van der Waals surface area contributed by atoms with E-state index in [1.54, 1.807) is 6.07 Å². The lowest BCUT2D eigenvalue weighted by Crippen LogP contribution is -2.40. The van der Waals surface area contributed by atoms with E-state index < -0.39 is 11.6 Å². The van der Waals surface area contributed by atoms with Crippen LogP contribution >= 0.6 is 0 Å². The van der Waals surface area contributed by atoms with Gasteiger partial charge in [0.1, 0.15) is 18.0 Å². The molecule has 0 aromatic heterocycles. The highest BCUT2D eigenvalue weighted by atomic mass is 16.5. The molecule has 1 atom stereocenters. The fourth-order valence-corrected chi connectivity index (χ4v) is 4.02. The molecule has 0 spiro atoms. The molecule has 2 rings (SSSR count). The lowest BCUT2D eigenvalue weighted by Gasteiger charge is -2.34. The van der Waals surface area contributed by atoms with Crippen molar-refractivity contribution in [2.24, 2.45) is 5.92 Å². The van der Waals surface area contributed by atoms with E-state index >= 15 is 0 Å². The molecule has 1 fully saturated rings. The molecule has 0 bridgehead atoms. The van der Waals surface area contributed by atoms with Gasteiger partial charge in [-0.25, -0.2) is 0 Å². The first-order valence-corrected chi connectivity index (χ1v) is 9.35. The van der Waals surface area contributed by atoms with Crippen LogP contribution in [0.15, 0.2) is 12.1 Å². The summed E-state index contributed by atoms with van der Waals surface area (Å²) in [5.41, 5.74) is 1.75. The molecule has 5 heteroatoms. The number of methoxy groups -OCH3 is 1. The Balaban J connectivity index is 2.13. The molecule has 1 aliphatic carbocycles. The van der Waals surface area contributed by atoms with Crippen LogP contribution in [0.5, 0.6) is 5.75 Å². The summed E-state index contributed by atoms with van der Waals surface area (Å²) in [6.07, 6.45) is 4.75. The van der Waals surface area contributed by atoms with Crippen LogP contribution in [0.4, 0.5) is 0 Å². The van der Waals surface area contributed by atoms with Crippen LogP contribution in [0, 0.1) is 19.8 Å². The third-order valence-corrected chi connectivity index (χ3v) is 5.67. The van der Waals surface area contributed by atoms with Gasteiger partial charge in [-0.05, 0) is 68.2 Å². The maximum atomic E-state index is 12.3. The van der Waals surface area contributed by atoms with Crippen molar-refractivity contribution in [2.45, 2.75) is 70.8 Å². The number of ketones is 1. The van der Waals surface area contributed by atoms with Crippen LogP contribution in [0.25, 0.3) is 0 Å². The number of ether oxygens (including phenoxy) is 1. The second-order valence-electron chi connectivity index (χ2n) is 7.62. The molecule has 1 aliphatic rings. The number of benzene rings is 1. The second-order valence-corrected chi connectivity index (χ2v) is 7.62. The summed E-state index contributed by atoms with van der Waals surface area (Å²) in [5, 5.41) is 21.1. The van der Waals surface area contributed by atoms with Crippen molar-refractivity contribution in [2.75, 3.05) is 7.11 Å². The minimum absolute atomic E-state index is 0.0110. The Bertz CT molecular complexity index is 661. The summed E-state index contributed by atoms with van der Waals surface area (Å²) in [6, 6.07) is 3.68. The lowest BCUT2D eigenvalue weighted by atomic mass is 9.77. The summed E-state index contributed by atoms with van der Waals surface area (Å²) >= 11 is 0. The van der Waals surface area contributed by atoms with Gasteiger partial charge in [0.05, 0.1) is 12.7 Å². The number of esters is 1. The van der Waals surface area contributed by atoms with Crippen LogP contribution in [0.2, 0.25) is 0 Å². The Morgan fingerprint density at radius 1 is 1.19 bits per heavy atom. The van der Waals surface area contributed by atoms with Crippen molar-refractivity contribution in [3.05, 3.63) is 28.8 Å². The van der Waals surface area contributed by atoms with E-state index in [-0.39, 0.29) is 30.3 Å². The zero-order valence-corrected chi connectivity index (χ0v) is 16.0. The van der Waals surface area contributed by atoms with Crippen molar-refractivity contribution >= 4 is 11.8 Å². The van der Waals surface area contributed by atoms with E-state index in [0.717, 1.165) is 42.4 Å². The number of hydrogen-bond acceptors (Lipinski definition) is 5. The van der Waals surface area contributed by atoms with Gasteiger partial charge in [0.25, 0.3) is 0 Å². The molecule has 1 aromatic carbocycles. The molecule has 26 heavy (non-hydrogen) atoms. The van der Waals surface area contributed by atoms with Gasteiger partial charge < -0.3 is 14.9 Å². The summed E-state index contributed by atoms with van der Waals surface area (Å²) < 4.78 is 4.57. The first-order chi connectivity index (χ1) is 12.2. The summed E-state index contributed by atoms with van der Waals surface area (Å²) in [4.78, 5) is 23.6. The number of phenolic OH excluding ortho intramolecular Hbond substituents is 1. The molecule has 0 saturated heterocycles. The zero-order chi connectivity index (χ0) is 19.3. The summed E-state index contributed by atoms with van der Waals surface area (Å²) in [5.74, 6) is -0.480. The van der Waals surface area contributed by atoms with E-state index in [4.69, 9.17) is 0 Å². The van der Waals surface area contributed by atoms with Crippen LogP contribution in [0.3, 0.4) is 0 Å². The van der Waals surface area contributed by atoms with Gasteiger partial charge in [0.2, 0.25) is 0 Å². The first-order valence-electron chi connectivity index (χ1n) is 9.35. The molecular formula is C21H30O5. The van der Waals surface area contributed by atoms with E-state index in [1.807, 2.05) is 19.9 Å². The molecular weight excluding hydrogens is 332 g/mol. The van der Waals surface area contributed by atoms with E-state index in [9.17, 15) is 19.8 Å². The highest BCUT2D eigenvalue weighted by molar-refractivity contribution is 5.95. The predicted octanol–water partition coefficient (Wildman–Crippen LogP) is 3.39. The molecule has 1 unspecified atom stereocenters. The standard InChI is InChI=1S/C21H30O5/c1-14-11-19(23)15(2)10-16(14)8-9-21(25,17-6-4-5-7-17)13-18(22)12-20(24)26-3/h10-11,17,23,25H,4-9,12-13H2,1-3H3. The molecule has 1 saturated carbocycles. The highest BCUT2D eigenvalue weighted by Crippen LogP contribution is 2.39. The fraction of sp³-hybridized carbons (Fsp3) is 0.619. The summed E-state index contributed by atoms with van der Waals surface area (Å²) in [7, 11) is 1.26. The Kier molecular flexibility index (Phi) is 6.81. The number of aryl methyl sites for hydroxylation is 3. The quantitative estimate of drug-likeness (QED) is 0.547. The van der Waals surface area contributed by atoms with Gasteiger partial charge in [0, 0.05) is 6.42 Å².